The van der Waals surface area contributed by atoms with E-state index in [1.54, 1.807) is 7.11 Å². The summed E-state index contributed by atoms with van der Waals surface area (Å²) in [6.07, 6.45) is 1.33. The number of rotatable bonds is 7. The average molecular weight is 425 g/mol. The van der Waals surface area contributed by atoms with Crippen molar-refractivity contribution >= 4 is 28.9 Å². The molecule has 8 heteroatoms. The highest BCUT2D eigenvalue weighted by Gasteiger charge is 2.21. The largest absolute Gasteiger partial charge is 1.00 e. The Balaban J connectivity index is 0.00000196. The standard InChI is InChI=1S/C20H22ClN3O2.ClH.H3N/c1-26-17-6-4-13(5-7-17)14-2-3-15-11-19(24-18(15)10-14)20(25)23-12-16(21)8-9-22;;/h2-7,10,16H,8-9,11-12,22H2,1H3,(H,23,25);1H;1H3/t16-;;/m0../s1. The summed E-state index contributed by atoms with van der Waals surface area (Å²) in [4.78, 5) is 16.8. The maximum absolute atomic E-state index is 12.3. The molecule has 0 unspecified atom stereocenters. The lowest BCUT2D eigenvalue weighted by atomic mass is 10.0. The second-order valence-electron chi connectivity index (χ2n) is 6.26. The number of halogens is 2. The van der Waals surface area contributed by atoms with Crippen LogP contribution in [0.3, 0.4) is 0 Å². The fraction of sp³-hybridized carbons (Fsp3) is 0.300. The second-order valence-corrected chi connectivity index (χ2v) is 6.87. The van der Waals surface area contributed by atoms with Crippen molar-refractivity contribution in [3.63, 3.8) is 0 Å². The molecule has 0 radical (unpaired) electrons. The van der Waals surface area contributed by atoms with Gasteiger partial charge < -0.3 is 34.3 Å². The van der Waals surface area contributed by atoms with Gasteiger partial charge in [-0.1, -0.05) is 24.3 Å². The Kier molecular flexibility index (Phi) is 9.41. The number of nitrogens with zero attached hydrogens (tertiary/aromatic N) is 1. The average Bonchev–Trinajstić information content (AvgIpc) is 3.10. The molecule has 1 atom stereocenters. The van der Waals surface area contributed by atoms with Crippen LogP contribution in [0.25, 0.3) is 11.1 Å². The van der Waals surface area contributed by atoms with E-state index in [2.05, 4.69) is 22.1 Å². The molecule has 7 N–H and O–H groups in total. The van der Waals surface area contributed by atoms with Gasteiger partial charge in [-0.05, 0) is 34.9 Å². The van der Waals surface area contributed by atoms with Gasteiger partial charge in [0.15, 0.2) is 0 Å². The molecule has 0 saturated heterocycles. The maximum Gasteiger partial charge on any atom is 0.266 e. The van der Waals surface area contributed by atoms with Crippen LogP contribution in [0, 0.1) is 0 Å². The number of quaternary nitrogens is 1. The van der Waals surface area contributed by atoms with E-state index in [9.17, 15) is 4.79 Å². The summed E-state index contributed by atoms with van der Waals surface area (Å²) in [7, 11) is 1.65. The maximum atomic E-state index is 12.3. The molecule has 1 aliphatic rings. The van der Waals surface area contributed by atoms with Gasteiger partial charge in [0.05, 0.1) is 24.7 Å². The number of aliphatic imine (C=N–C) groups is 1. The van der Waals surface area contributed by atoms with Crippen LogP contribution >= 0.6 is 11.6 Å². The number of fused-ring (bicyclic) bond motifs is 1. The molecule has 1 aliphatic heterocycles. The summed E-state index contributed by atoms with van der Waals surface area (Å²) >= 11 is 6.13. The van der Waals surface area contributed by atoms with Crippen LogP contribution in [0.15, 0.2) is 47.5 Å². The van der Waals surface area contributed by atoms with E-state index in [1.165, 1.54) is 0 Å². The molecule has 0 fully saturated rings. The van der Waals surface area contributed by atoms with E-state index in [4.69, 9.17) is 16.3 Å². The molecule has 2 aromatic rings. The lowest BCUT2D eigenvalue weighted by Crippen LogP contribution is -3.00. The third-order valence-electron chi connectivity index (χ3n) is 4.39. The van der Waals surface area contributed by atoms with Crippen molar-refractivity contribution in [2.75, 3.05) is 20.2 Å². The fourth-order valence-electron chi connectivity index (χ4n) is 2.91. The Hall–Kier alpha value is -2.12. The molecule has 6 nitrogen and oxygen atoms in total. The van der Waals surface area contributed by atoms with Gasteiger partial charge in [-0.25, -0.2) is 4.99 Å². The number of benzene rings is 2. The first-order valence-electron chi connectivity index (χ1n) is 8.67. The molecule has 1 heterocycles. The molecule has 2 aromatic carbocycles. The van der Waals surface area contributed by atoms with Crippen molar-refractivity contribution in [1.29, 1.82) is 0 Å². The first-order chi connectivity index (χ1) is 12.6. The minimum Gasteiger partial charge on any atom is -1.00 e. The Labute approximate surface area is 176 Å². The monoisotopic (exact) mass is 424 g/mol. The van der Waals surface area contributed by atoms with Crippen LogP contribution in [-0.4, -0.2) is 37.2 Å². The number of hydrogen-bond donors (Lipinski definition) is 3. The highest BCUT2D eigenvalue weighted by molar-refractivity contribution is 6.41. The number of carbonyl (C=O) groups excluding carboxylic acids is 1. The Morgan fingerprint density at radius 2 is 1.93 bits per heavy atom. The molecule has 0 spiro atoms. The van der Waals surface area contributed by atoms with Gasteiger partial charge in [0, 0.05) is 19.4 Å². The molecule has 0 aromatic heterocycles. The SMILES string of the molecule is COc1ccc(-c2ccc3c(c2)N=C(C(=O)NC[C@@H](Cl)CC[NH3+])C3)cc1.N.[Cl-]. The lowest BCUT2D eigenvalue weighted by molar-refractivity contribution is -0.368. The third-order valence-corrected chi connectivity index (χ3v) is 4.76. The van der Waals surface area contributed by atoms with Crippen molar-refractivity contribution in [3.05, 3.63) is 48.0 Å². The van der Waals surface area contributed by atoms with Crippen molar-refractivity contribution < 1.29 is 27.7 Å². The number of hydrogen-bond acceptors (Lipinski definition) is 4. The Morgan fingerprint density at radius 1 is 1.25 bits per heavy atom. The Bertz CT molecular complexity index is 825. The summed E-state index contributed by atoms with van der Waals surface area (Å²) in [6.45, 7) is 1.19. The molecule has 28 heavy (non-hydrogen) atoms. The van der Waals surface area contributed by atoms with Crippen LogP contribution in [0.2, 0.25) is 0 Å². The van der Waals surface area contributed by atoms with Crippen LogP contribution in [-0.2, 0) is 11.2 Å². The number of nitrogens with one attached hydrogen (secondary N) is 1. The Morgan fingerprint density at radius 3 is 2.57 bits per heavy atom. The van der Waals surface area contributed by atoms with Crippen LogP contribution < -0.4 is 34.3 Å². The number of alkyl halides is 1. The predicted molar refractivity (Wildman–Crippen MR) is 109 cm³/mol. The van der Waals surface area contributed by atoms with Gasteiger partial charge in [-0.2, -0.15) is 0 Å². The van der Waals surface area contributed by atoms with Crippen LogP contribution in [0.4, 0.5) is 5.69 Å². The first-order valence-corrected chi connectivity index (χ1v) is 9.10. The number of methoxy groups -OCH3 is 1. The van der Waals surface area contributed by atoms with Crippen molar-refractivity contribution in [2.45, 2.75) is 18.2 Å². The van der Waals surface area contributed by atoms with E-state index in [1.807, 2.05) is 36.4 Å². The minimum atomic E-state index is -0.151. The smallest absolute Gasteiger partial charge is 0.266 e. The molecule has 0 aliphatic carbocycles. The van der Waals surface area contributed by atoms with Crippen LogP contribution in [0.5, 0.6) is 5.75 Å². The molecular formula is C20H26Cl2N4O2. The number of carbonyl (C=O) groups is 1. The quantitative estimate of drug-likeness (QED) is 0.521. The number of amides is 1. The molecule has 0 saturated carbocycles. The summed E-state index contributed by atoms with van der Waals surface area (Å²) in [6, 6.07) is 14.0. The highest BCUT2D eigenvalue weighted by Crippen LogP contribution is 2.32. The van der Waals surface area contributed by atoms with Gasteiger partial charge in [0.1, 0.15) is 11.5 Å². The molecule has 1 amide bonds. The second kappa shape index (κ2) is 11.0. The molecular weight excluding hydrogens is 399 g/mol. The zero-order valence-corrected chi connectivity index (χ0v) is 17.4. The molecule has 0 bridgehead atoms. The van der Waals surface area contributed by atoms with E-state index < -0.39 is 0 Å². The van der Waals surface area contributed by atoms with Gasteiger partial charge in [0.2, 0.25) is 0 Å². The fourth-order valence-corrected chi connectivity index (χ4v) is 3.14. The van der Waals surface area contributed by atoms with E-state index in [-0.39, 0.29) is 29.8 Å². The zero-order valence-electron chi connectivity index (χ0n) is 15.9. The summed E-state index contributed by atoms with van der Waals surface area (Å²) in [5.74, 6) is 0.672. The van der Waals surface area contributed by atoms with E-state index in [0.717, 1.165) is 41.1 Å². The lowest BCUT2D eigenvalue weighted by Gasteiger charge is -2.08. The van der Waals surface area contributed by atoms with E-state index >= 15 is 0 Å². The van der Waals surface area contributed by atoms with Gasteiger partial charge in [-0.3, -0.25) is 4.79 Å². The minimum absolute atomic E-state index is 0. The normalized spacial score (nSPS) is 12.8. The molecule has 152 valence electrons. The first kappa shape index (κ1) is 23.9. The summed E-state index contributed by atoms with van der Waals surface area (Å²) < 4.78 is 5.20. The van der Waals surface area contributed by atoms with Crippen LogP contribution in [0.1, 0.15) is 12.0 Å². The van der Waals surface area contributed by atoms with Crippen molar-refractivity contribution in [3.8, 4) is 16.9 Å². The van der Waals surface area contributed by atoms with Crippen molar-refractivity contribution in [2.24, 2.45) is 4.99 Å². The number of ether oxygens (including phenoxy) is 1. The summed E-state index contributed by atoms with van der Waals surface area (Å²) in [5, 5.41) is 2.76. The molecule has 3 rings (SSSR count). The third kappa shape index (κ3) is 5.69. The summed E-state index contributed by atoms with van der Waals surface area (Å²) in [5.41, 5.74) is 8.36. The zero-order chi connectivity index (χ0) is 18.5. The van der Waals surface area contributed by atoms with Gasteiger partial charge >= 0.3 is 0 Å². The van der Waals surface area contributed by atoms with Gasteiger partial charge in [-0.15, -0.1) is 11.6 Å². The predicted octanol–water partition coefficient (Wildman–Crippen LogP) is -0.488. The van der Waals surface area contributed by atoms with Crippen molar-refractivity contribution in [1.82, 2.24) is 11.5 Å². The highest BCUT2D eigenvalue weighted by atomic mass is 35.5. The topological polar surface area (TPSA) is 113 Å². The van der Waals surface area contributed by atoms with E-state index in [0.29, 0.717) is 18.7 Å². The van der Waals surface area contributed by atoms with Gasteiger partial charge in [0.25, 0.3) is 5.91 Å².